The Morgan fingerprint density at radius 2 is 1.75 bits per heavy atom. The third-order valence-corrected chi connectivity index (χ3v) is 4.96. The second-order valence-electron chi connectivity index (χ2n) is 5.89. The highest BCUT2D eigenvalue weighted by Gasteiger charge is 2.15. The van der Waals surface area contributed by atoms with Crippen LogP contribution in [-0.2, 0) is 0 Å². The van der Waals surface area contributed by atoms with Crippen LogP contribution in [0.3, 0.4) is 0 Å². The van der Waals surface area contributed by atoms with Gasteiger partial charge in [-0.25, -0.2) is 0 Å². The van der Waals surface area contributed by atoms with E-state index in [1.807, 2.05) is 77.2 Å². The van der Waals surface area contributed by atoms with E-state index in [1.54, 1.807) is 6.07 Å². The zero-order valence-corrected chi connectivity index (χ0v) is 17.0. The van der Waals surface area contributed by atoms with Crippen LogP contribution in [0.2, 0.25) is 0 Å². The van der Waals surface area contributed by atoms with Gasteiger partial charge in [-0.1, -0.05) is 48.5 Å². The molecule has 0 bridgehead atoms. The number of halogens is 1. The summed E-state index contributed by atoms with van der Waals surface area (Å²) in [7, 11) is 0. The second-order valence-corrected chi connectivity index (χ2v) is 7.05. The highest BCUT2D eigenvalue weighted by Crippen LogP contribution is 2.29. The molecule has 1 amide bonds. The molecule has 28 heavy (non-hydrogen) atoms. The predicted octanol–water partition coefficient (Wildman–Crippen LogP) is 4.68. The lowest BCUT2D eigenvalue weighted by molar-refractivity contribution is -0.384. The number of non-ortho nitro benzene ring substituents is 1. The Labute approximate surface area is 175 Å². The summed E-state index contributed by atoms with van der Waals surface area (Å²) < 4.78 is 6.49. The minimum atomic E-state index is -0.517. The minimum absolute atomic E-state index is 0.112. The van der Waals surface area contributed by atoms with Gasteiger partial charge in [0.25, 0.3) is 11.6 Å². The molecule has 142 valence electrons. The summed E-state index contributed by atoms with van der Waals surface area (Å²) in [6, 6.07) is 21.8. The van der Waals surface area contributed by atoms with Gasteiger partial charge in [0.2, 0.25) is 0 Å². The molecule has 0 aromatic heterocycles. The first-order chi connectivity index (χ1) is 13.6. The van der Waals surface area contributed by atoms with Crippen LogP contribution >= 0.6 is 22.6 Å². The number of carbonyl (C=O) groups is 1. The van der Waals surface area contributed by atoms with E-state index in [9.17, 15) is 14.9 Å². The number of nitrogens with one attached hydrogen (secondary N) is 1. The summed E-state index contributed by atoms with van der Waals surface area (Å²) in [5, 5.41) is 13.6. The highest BCUT2D eigenvalue weighted by atomic mass is 127. The Kier molecular flexibility index (Phi) is 6.59. The molecule has 0 spiro atoms. The van der Waals surface area contributed by atoms with Gasteiger partial charge in [-0.05, 0) is 40.3 Å². The molecule has 0 heterocycles. The van der Waals surface area contributed by atoms with Crippen molar-refractivity contribution in [3.8, 4) is 16.9 Å². The van der Waals surface area contributed by atoms with E-state index in [0.29, 0.717) is 3.57 Å². The molecule has 0 saturated carbocycles. The maximum absolute atomic E-state index is 12.3. The van der Waals surface area contributed by atoms with E-state index in [0.717, 1.165) is 16.9 Å². The Hall–Kier alpha value is -2.94. The summed E-state index contributed by atoms with van der Waals surface area (Å²) >= 11 is 1.98. The number of benzene rings is 3. The van der Waals surface area contributed by atoms with Gasteiger partial charge in [-0.3, -0.25) is 14.9 Å². The molecule has 6 nitrogen and oxygen atoms in total. The zero-order valence-electron chi connectivity index (χ0n) is 14.8. The predicted molar refractivity (Wildman–Crippen MR) is 116 cm³/mol. The molecule has 0 unspecified atom stereocenters. The first-order valence-corrected chi connectivity index (χ1v) is 9.63. The summed E-state index contributed by atoms with van der Waals surface area (Å²) in [5.41, 5.74) is 2.19. The van der Waals surface area contributed by atoms with E-state index < -0.39 is 4.92 Å². The lowest BCUT2D eigenvalue weighted by Crippen LogP contribution is -2.28. The van der Waals surface area contributed by atoms with Crippen molar-refractivity contribution >= 4 is 34.2 Å². The topological polar surface area (TPSA) is 81.5 Å². The first kappa shape index (κ1) is 19.8. The normalized spacial score (nSPS) is 10.3. The number of ether oxygens (including phenoxy) is 1. The number of hydrogen-bond donors (Lipinski definition) is 1. The number of nitrogens with zero attached hydrogens (tertiary/aromatic N) is 1. The van der Waals surface area contributed by atoms with Gasteiger partial charge < -0.3 is 10.1 Å². The zero-order chi connectivity index (χ0) is 19.9. The van der Waals surface area contributed by atoms with Crippen molar-refractivity contribution in [2.24, 2.45) is 0 Å². The van der Waals surface area contributed by atoms with Crippen LogP contribution in [0.5, 0.6) is 5.75 Å². The number of carbonyl (C=O) groups excluding carboxylic acids is 1. The molecule has 1 N–H and O–H groups in total. The lowest BCUT2D eigenvalue weighted by Gasteiger charge is -2.12. The number of hydrogen-bond acceptors (Lipinski definition) is 4. The van der Waals surface area contributed by atoms with Gasteiger partial charge in [-0.2, -0.15) is 0 Å². The van der Waals surface area contributed by atoms with Crippen molar-refractivity contribution in [2.45, 2.75) is 0 Å². The van der Waals surface area contributed by atoms with Gasteiger partial charge in [0.1, 0.15) is 12.4 Å². The van der Waals surface area contributed by atoms with Gasteiger partial charge in [0, 0.05) is 21.3 Å². The van der Waals surface area contributed by atoms with Gasteiger partial charge >= 0.3 is 0 Å². The van der Waals surface area contributed by atoms with Crippen LogP contribution in [0, 0.1) is 13.7 Å². The van der Waals surface area contributed by atoms with Gasteiger partial charge in [0.05, 0.1) is 17.0 Å². The van der Waals surface area contributed by atoms with Crippen LogP contribution < -0.4 is 10.1 Å². The lowest BCUT2D eigenvalue weighted by atomic mass is 10.1. The molecule has 7 heteroatoms. The standard InChI is InChI=1S/C21H17IN2O4/c22-19-11-10-16(24(26)27)14-18(19)21(25)23-12-13-28-20-9-5-4-8-17(20)15-6-2-1-3-7-15/h1-11,14H,12-13H2,(H,23,25). The quantitative estimate of drug-likeness (QED) is 0.227. The summed E-state index contributed by atoms with van der Waals surface area (Å²) in [4.78, 5) is 22.7. The maximum Gasteiger partial charge on any atom is 0.270 e. The minimum Gasteiger partial charge on any atom is -0.491 e. The highest BCUT2D eigenvalue weighted by molar-refractivity contribution is 14.1. The summed E-state index contributed by atoms with van der Waals surface area (Å²) in [6.45, 7) is 0.557. The van der Waals surface area contributed by atoms with E-state index >= 15 is 0 Å². The SMILES string of the molecule is O=C(NCCOc1ccccc1-c1ccccc1)c1cc([N+](=O)[O-])ccc1I. The van der Waals surface area contributed by atoms with Crippen molar-refractivity contribution in [3.05, 3.63) is 92.0 Å². The molecule has 3 aromatic carbocycles. The molecule has 0 aliphatic carbocycles. The fourth-order valence-corrected chi connectivity index (χ4v) is 3.25. The molecular formula is C21H17IN2O4. The fourth-order valence-electron chi connectivity index (χ4n) is 2.67. The molecule has 0 aliphatic heterocycles. The van der Waals surface area contributed by atoms with Crippen molar-refractivity contribution in [3.63, 3.8) is 0 Å². The van der Waals surface area contributed by atoms with Crippen molar-refractivity contribution in [1.29, 1.82) is 0 Å². The number of nitro groups is 1. The Bertz CT molecular complexity index is 993. The second kappa shape index (κ2) is 9.32. The van der Waals surface area contributed by atoms with Crippen molar-refractivity contribution < 1.29 is 14.5 Å². The van der Waals surface area contributed by atoms with E-state index in [4.69, 9.17) is 4.74 Å². The Morgan fingerprint density at radius 1 is 1.04 bits per heavy atom. The maximum atomic E-state index is 12.3. The molecule has 0 saturated heterocycles. The number of nitro benzene ring substituents is 1. The monoisotopic (exact) mass is 488 g/mol. The summed E-state index contributed by atoms with van der Waals surface area (Å²) in [6.07, 6.45) is 0. The number of para-hydroxylation sites is 1. The van der Waals surface area contributed by atoms with Crippen LogP contribution in [0.1, 0.15) is 10.4 Å². The van der Waals surface area contributed by atoms with E-state index in [-0.39, 0.29) is 30.3 Å². The third kappa shape index (κ3) is 4.86. The molecular weight excluding hydrogens is 471 g/mol. The smallest absolute Gasteiger partial charge is 0.270 e. The average Bonchev–Trinajstić information content (AvgIpc) is 2.72. The van der Waals surface area contributed by atoms with Crippen LogP contribution in [-0.4, -0.2) is 24.0 Å². The van der Waals surface area contributed by atoms with Crippen molar-refractivity contribution in [1.82, 2.24) is 5.32 Å². The van der Waals surface area contributed by atoms with Crippen molar-refractivity contribution in [2.75, 3.05) is 13.2 Å². The largest absolute Gasteiger partial charge is 0.491 e. The molecule has 3 rings (SSSR count). The van der Waals surface area contributed by atoms with Crippen LogP contribution in [0.4, 0.5) is 5.69 Å². The van der Waals surface area contributed by atoms with E-state index in [2.05, 4.69) is 5.32 Å². The number of amides is 1. The molecule has 0 fully saturated rings. The molecule has 0 atom stereocenters. The third-order valence-electron chi connectivity index (χ3n) is 4.02. The van der Waals surface area contributed by atoms with E-state index in [1.165, 1.54) is 12.1 Å². The fraction of sp³-hybridized carbons (Fsp3) is 0.0952. The number of rotatable bonds is 7. The summed E-state index contributed by atoms with van der Waals surface area (Å²) in [5.74, 6) is 0.362. The molecule has 3 aromatic rings. The van der Waals surface area contributed by atoms with Crippen LogP contribution in [0.15, 0.2) is 72.8 Å². The Balaban J connectivity index is 1.61. The van der Waals surface area contributed by atoms with Gasteiger partial charge in [-0.15, -0.1) is 0 Å². The Morgan fingerprint density at radius 3 is 2.50 bits per heavy atom. The molecule has 0 radical (unpaired) electrons. The molecule has 0 aliphatic rings. The first-order valence-electron chi connectivity index (χ1n) is 8.55. The van der Waals surface area contributed by atoms with Crippen LogP contribution in [0.25, 0.3) is 11.1 Å². The van der Waals surface area contributed by atoms with Gasteiger partial charge in [0.15, 0.2) is 0 Å². The average molecular weight is 488 g/mol.